The van der Waals surface area contributed by atoms with Gasteiger partial charge in [0.15, 0.2) is 5.78 Å². The number of benzene rings is 1. The van der Waals surface area contributed by atoms with Gasteiger partial charge in [0.1, 0.15) is 11.6 Å². The number of Topliss-reactive ketones (excluding diaryl/α,β-unsaturated/α-hetero) is 1. The van der Waals surface area contributed by atoms with Crippen LogP contribution in [-0.2, 0) is 13.0 Å². The van der Waals surface area contributed by atoms with E-state index in [-0.39, 0.29) is 5.78 Å². The van der Waals surface area contributed by atoms with Crippen LogP contribution >= 0.6 is 0 Å². The molecule has 0 saturated carbocycles. The summed E-state index contributed by atoms with van der Waals surface area (Å²) in [5.41, 5.74) is 1.66. The molecule has 1 aromatic carbocycles. The second kappa shape index (κ2) is 5.69. The average Bonchev–Trinajstić information content (AvgIpc) is 2.85. The molecular weight excluding hydrogens is 240 g/mol. The van der Waals surface area contributed by atoms with Crippen molar-refractivity contribution >= 4 is 5.78 Å². The van der Waals surface area contributed by atoms with Crippen molar-refractivity contribution in [3.63, 3.8) is 0 Å². The van der Waals surface area contributed by atoms with Crippen molar-refractivity contribution in [1.82, 2.24) is 9.55 Å². The largest absolute Gasteiger partial charge is 0.496 e. The summed E-state index contributed by atoms with van der Waals surface area (Å²) in [5.74, 6) is 1.43. The maximum Gasteiger partial charge on any atom is 0.174 e. The molecule has 0 N–H and O–H groups in total. The topological polar surface area (TPSA) is 44.1 Å². The fourth-order valence-electron chi connectivity index (χ4n) is 2.07. The minimum absolute atomic E-state index is 0.0291. The summed E-state index contributed by atoms with van der Waals surface area (Å²) in [6.07, 6.45) is 3.90. The van der Waals surface area contributed by atoms with Crippen LogP contribution in [0, 0.1) is 6.92 Å². The number of ketones is 1. The number of aromatic nitrogens is 2. The number of ether oxygens (including phenoxy) is 1. The van der Waals surface area contributed by atoms with Gasteiger partial charge in [0, 0.05) is 18.9 Å². The summed E-state index contributed by atoms with van der Waals surface area (Å²) in [7, 11) is 1.58. The molecule has 2 aromatic rings. The summed E-state index contributed by atoms with van der Waals surface area (Å²) >= 11 is 0. The van der Waals surface area contributed by atoms with Crippen molar-refractivity contribution in [2.24, 2.45) is 0 Å². The van der Waals surface area contributed by atoms with E-state index in [4.69, 9.17) is 4.74 Å². The van der Waals surface area contributed by atoms with Crippen molar-refractivity contribution < 1.29 is 9.53 Å². The first-order chi connectivity index (χ1) is 9.15. The maximum absolute atomic E-state index is 12.4. The van der Waals surface area contributed by atoms with Crippen LogP contribution in [0.2, 0.25) is 0 Å². The standard InChI is InChI=1S/C15H18N2O2/c1-4-17-8-7-16-15(17)10-13(18)12-9-11(2)5-6-14(12)19-3/h5-9H,4,10H2,1-3H3. The lowest BCUT2D eigenvalue weighted by Gasteiger charge is -2.09. The minimum Gasteiger partial charge on any atom is -0.496 e. The monoisotopic (exact) mass is 258 g/mol. The molecule has 0 radical (unpaired) electrons. The van der Waals surface area contributed by atoms with Gasteiger partial charge in [0.2, 0.25) is 0 Å². The van der Waals surface area contributed by atoms with E-state index in [1.807, 2.05) is 42.8 Å². The van der Waals surface area contributed by atoms with Gasteiger partial charge in [-0.15, -0.1) is 0 Å². The highest BCUT2D eigenvalue weighted by atomic mass is 16.5. The van der Waals surface area contributed by atoms with E-state index in [1.54, 1.807) is 13.3 Å². The summed E-state index contributed by atoms with van der Waals surface area (Å²) in [6, 6.07) is 5.62. The number of hydrogen-bond donors (Lipinski definition) is 0. The lowest BCUT2D eigenvalue weighted by molar-refractivity contribution is 0.0986. The predicted octanol–water partition coefficient (Wildman–Crippen LogP) is 2.65. The van der Waals surface area contributed by atoms with Gasteiger partial charge in [0.05, 0.1) is 19.1 Å². The average molecular weight is 258 g/mol. The normalized spacial score (nSPS) is 10.5. The van der Waals surface area contributed by atoms with Crippen molar-refractivity contribution in [2.75, 3.05) is 7.11 Å². The molecule has 0 spiro atoms. The number of methoxy groups -OCH3 is 1. The number of carbonyl (C=O) groups excluding carboxylic acids is 1. The van der Waals surface area contributed by atoms with Gasteiger partial charge in [-0.3, -0.25) is 4.79 Å². The molecule has 19 heavy (non-hydrogen) atoms. The van der Waals surface area contributed by atoms with E-state index in [0.29, 0.717) is 17.7 Å². The Labute approximate surface area is 113 Å². The zero-order chi connectivity index (χ0) is 13.8. The zero-order valence-corrected chi connectivity index (χ0v) is 11.5. The Balaban J connectivity index is 2.27. The van der Waals surface area contributed by atoms with Gasteiger partial charge in [-0.1, -0.05) is 11.6 Å². The first kappa shape index (κ1) is 13.3. The molecule has 0 aliphatic heterocycles. The van der Waals surface area contributed by atoms with E-state index in [1.165, 1.54) is 0 Å². The van der Waals surface area contributed by atoms with Crippen molar-refractivity contribution in [3.8, 4) is 5.75 Å². The second-order valence-electron chi connectivity index (χ2n) is 4.43. The van der Waals surface area contributed by atoms with Crippen molar-refractivity contribution in [3.05, 3.63) is 47.5 Å². The third-order valence-corrected chi connectivity index (χ3v) is 3.12. The molecule has 0 atom stereocenters. The molecule has 2 rings (SSSR count). The highest BCUT2D eigenvalue weighted by Gasteiger charge is 2.15. The molecule has 1 heterocycles. The summed E-state index contributed by atoms with van der Waals surface area (Å²) in [6.45, 7) is 4.81. The number of carbonyl (C=O) groups is 1. The lowest BCUT2D eigenvalue weighted by Crippen LogP contribution is -2.11. The van der Waals surface area contributed by atoms with Crippen LogP contribution < -0.4 is 4.74 Å². The molecule has 0 saturated heterocycles. The molecule has 0 aliphatic rings. The smallest absolute Gasteiger partial charge is 0.174 e. The fraction of sp³-hybridized carbons (Fsp3) is 0.333. The maximum atomic E-state index is 12.4. The van der Waals surface area contributed by atoms with Gasteiger partial charge in [-0.05, 0) is 26.0 Å². The zero-order valence-electron chi connectivity index (χ0n) is 11.5. The lowest BCUT2D eigenvalue weighted by atomic mass is 10.0. The van der Waals surface area contributed by atoms with Crippen molar-refractivity contribution in [2.45, 2.75) is 26.8 Å². The molecule has 0 unspecified atom stereocenters. The van der Waals surface area contributed by atoms with Crippen LogP contribution in [0.3, 0.4) is 0 Å². The quantitative estimate of drug-likeness (QED) is 0.774. The number of imidazole rings is 1. The van der Waals surface area contributed by atoms with E-state index in [2.05, 4.69) is 4.98 Å². The van der Waals surface area contributed by atoms with E-state index in [0.717, 1.165) is 17.9 Å². The first-order valence-corrected chi connectivity index (χ1v) is 6.33. The van der Waals surface area contributed by atoms with Crippen LogP contribution in [0.25, 0.3) is 0 Å². The Morgan fingerprint density at radius 1 is 1.42 bits per heavy atom. The number of nitrogens with zero attached hydrogens (tertiary/aromatic N) is 2. The molecule has 0 aliphatic carbocycles. The predicted molar refractivity (Wildman–Crippen MR) is 73.7 cm³/mol. The minimum atomic E-state index is 0.0291. The molecular formula is C15H18N2O2. The van der Waals surface area contributed by atoms with Crippen molar-refractivity contribution in [1.29, 1.82) is 0 Å². The van der Waals surface area contributed by atoms with Crippen LogP contribution in [0.1, 0.15) is 28.7 Å². The summed E-state index contributed by atoms with van der Waals surface area (Å²) < 4.78 is 7.22. The molecule has 0 fully saturated rings. The highest BCUT2D eigenvalue weighted by Crippen LogP contribution is 2.21. The molecule has 0 bridgehead atoms. The Morgan fingerprint density at radius 2 is 2.21 bits per heavy atom. The van der Waals surface area contributed by atoms with E-state index < -0.39 is 0 Å². The third kappa shape index (κ3) is 2.84. The van der Waals surface area contributed by atoms with Crippen LogP contribution in [0.15, 0.2) is 30.6 Å². The Hall–Kier alpha value is -2.10. The molecule has 1 aromatic heterocycles. The van der Waals surface area contributed by atoms with E-state index >= 15 is 0 Å². The van der Waals surface area contributed by atoms with Gasteiger partial charge in [-0.25, -0.2) is 4.98 Å². The molecule has 0 amide bonds. The number of hydrogen-bond acceptors (Lipinski definition) is 3. The van der Waals surface area contributed by atoms with Crippen LogP contribution in [0.4, 0.5) is 0 Å². The summed E-state index contributed by atoms with van der Waals surface area (Å²) in [4.78, 5) is 16.6. The van der Waals surface area contributed by atoms with Gasteiger partial charge in [0.25, 0.3) is 0 Å². The first-order valence-electron chi connectivity index (χ1n) is 6.33. The number of aryl methyl sites for hydroxylation is 2. The van der Waals surface area contributed by atoms with Gasteiger partial charge < -0.3 is 9.30 Å². The number of rotatable bonds is 5. The molecule has 100 valence electrons. The fourth-order valence-corrected chi connectivity index (χ4v) is 2.07. The van der Waals surface area contributed by atoms with Gasteiger partial charge >= 0.3 is 0 Å². The Bertz CT molecular complexity index is 588. The second-order valence-corrected chi connectivity index (χ2v) is 4.43. The Morgan fingerprint density at radius 3 is 2.89 bits per heavy atom. The SMILES string of the molecule is CCn1ccnc1CC(=O)c1cc(C)ccc1OC. The third-order valence-electron chi connectivity index (χ3n) is 3.12. The summed E-state index contributed by atoms with van der Waals surface area (Å²) in [5, 5.41) is 0. The molecule has 4 heteroatoms. The van der Waals surface area contributed by atoms with Crippen LogP contribution in [0.5, 0.6) is 5.75 Å². The van der Waals surface area contributed by atoms with Crippen LogP contribution in [-0.4, -0.2) is 22.4 Å². The highest BCUT2D eigenvalue weighted by molar-refractivity contribution is 5.99. The van der Waals surface area contributed by atoms with E-state index in [9.17, 15) is 4.79 Å². The Kier molecular flexibility index (Phi) is 4.00. The molecule has 4 nitrogen and oxygen atoms in total. The van der Waals surface area contributed by atoms with Gasteiger partial charge in [-0.2, -0.15) is 0 Å².